The van der Waals surface area contributed by atoms with E-state index in [1.54, 1.807) is 4.68 Å². The maximum atomic E-state index is 12.0. The van der Waals surface area contributed by atoms with Crippen molar-refractivity contribution in [1.29, 1.82) is 0 Å². The van der Waals surface area contributed by atoms with Crippen molar-refractivity contribution in [2.75, 3.05) is 6.61 Å². The third-order valence-corrected chi connectivity index (χ3v) is 4.40. The fourth-order valence-corrected chi connectivity index (χ4v) is 2.90. The molecule has 1 N–H and O–H groups in total. The molecule has 3 rings (SSSR count). The molecule has 0 fully saturated rings. The van der Waals surface area contributed by atoms with Crippen LogP contribution in [0.3, 0.4) is 0 Å². The summed E-state index contributed by atoms with van der Waals surface area (Å²) in [5.74, 6) is 0.266. The minimum absolute atomic E-state index is 0.0616. The molecular formula is C20H24N4O2. The van der Waals surface area contributed by atoms with E-state index in [0.29, 0.717) is 5.88 Å². The Morgan fingerprint density at radius 2 is 2.04 bits per heavy atom. The smallest absolute Gasteiger partial charge is 0.258 e. The lowest BCUT2D eigenvalue weighted by molar-refractivity contribution is -0.123. The van der Waals surface area contributed by atoms with Gasteiger partial charge in [-0.2, -0.15) is 10.1 Å². The van der Waals surface area contributed by atoms with Crippen LogP contribution in [0.1, 0.15) is 26.0 Å². The van der Waals surface area contributed by atoms with Crippen LogP contribution in [-0.4, -0.2) is 33.3 Å². The molecule has 0 radical (unpaired) electrons. The largest absolute Gasteiger partial charge is 0.467 e. The van der Waals surface area contributed by atoms with Crippen LogP contribution in [-0.2, 0) is 11.8 Å². The van der Waals surface area contributed by atoms with Crippen molar-refractivity contribution in [2.45, 2.75) is 33.2 Å². The summed E-state index contributed by atoms with van der Waals surface area (Å²) in [7, 11) is 1.86. The summed E-state index contributed by atoms with van der Waals surface area (Å²) < 4.78 is 7.42. The van der Waals surface area contributed by atoms with Crippen molar-refractivity contribution < 1.29 is 9.53 Å². The van der Waals surface area contributed by atoms with Gasteiger partial charge in [0.2, 0.25) is 5.88 Å². The van der Waals surface area contributed by atoms with E-state index in [0.717, 1.165) is 34.3 Å². The Morgan fingerprint density at radius 1 is 1.31 bits per heavy atom. The van der Waals surface area contributed by atoms with Crippen LogP contribution in [0.2, 0.25) is 0 Å². The Kier molecular flexibility index (Phi) is 5.21. The standard InChI is InChI=1S/C20H24N4O2/c1-5-13(2)21-17(25)12-26-18-11-16(15-9-7-6-8-10-15)19-14(3)23-24(4)20(19)22-18/h6-11,13H,5,12H2,1-4H3,(H,21,25). The fourth-order valence-electron chi connectivity index (χ4n) is 2.90. The van der Waals surface area contributed by atoms with Gasteiger partial charge >= 0.3 is 0 Å². The number of hydrogen-bond acceptors (Lipinski definition) is 4. The lowest BCUT2D eigenvalue weighted by atomic mass is 10.0. The number of carbonyl (C=O) groups excluding carboxylic acids is 1. The SMILES string of the molecule is CCC(C)NC(=O)COc1cc(-c2ccccc2)c2c(C)nn(C)c2n1. The summed E-state index contributed by atoms with van der Waals surface area (Å²) in [6.07, 6.45) is 0.877. The van der Waals surface area contributed by atoms with Gasteiger partial charge in [0.25, 0.3) is 5.91 Å². The lowest BCUT2D eigenvalue weighted by Crippen LogP contribution is -2.35. The van der Waals surface area contributed by atoms with E-state index in [1.807, 2.05) is 64.2 Å². The van der Waals surface area contributed by atoms with E-state index < -0.39 is 0 Å². The Morgan fingerprint density at radius 3 is 2.73 bits per heavy atom. The third kappa shape index (κ3) is 3.69. The molecule has 0 aliphatic rings. The average Bonchev–Trinajstić information content (AvgIpc) is 2.94. The van der Waals surface area contributed by atoms with Crippen LogP contribution < -0.4 is 10.1 Å². The Bertz CT molecular complexity index is 918. The molecule has 0 bridgehead atoms. The first-order valence-corrected chi connectivity index (χ1v) is 8.81. The Labute approximate surface area is 153 Å². The first-order chi connectivity index (χ1) is 12.5. The molecule has 0 aliphatic heterocycles. The zero-order valence-corrected chi connectivity index (χ0v) is 15.6. The monoisotopic (exact) mass is 352 g/mol. The first-order valence-electron chi connectivity index (χ1n) is 8.81. The number of amides is 1. The zero-order chi connectivity index (χ0) is 18.7. The number of nitrogens with zero attached hydrogens (tertiary/aromatic N) is 3. The first kappa shape index (κ1) is 17.9. The fraction of sp³-hybridized carbons (Fsp3) is 0.350. The van der Waals surface area contributed by atoms with Gasteiger partial charge in [0, 0.05) is 19.2 Å². The average molecular weight is 352 g/mol. The molecule has 0 saturated heterocycles. The van der Waals surface area contributed by atoms with Gasteiger partial charge in [0.15, 0.2) is 12.3 Å². The molecule has 1 aromatic carbocycles. The summed E-state index contributed by atoms with van der Waals surface area (Å²) in [6.45, 7) is 5.90. The summed E-state index contributed by atoms with van der Waals surface area (Å²) in [5, 5.41) is 8.37. The van der Waals surface area contributed by atoms with Crippen LogP contribution in [0.4, 0.5) is 0 Å². The molecule has 6 nitrogen and oxygen atoms in total. The van der Waals surface area contributed by atoms with Crippen molar-refractivity contribution in [3.05, 3.63) is 42.1 Å². The predicted molar refractivity (Wildman–Crippen MR) is 102 cm³/mol. The number of carbonyl (C=O) groups is 1. The lowest BCUT2D eigenvalue weighted by Gasteiger charge is -2.13. The van der Waals surface area contributed by atoms with E-state index in [1.165, 1.54) is 0 Å². The summed E-state index contributed by atoms with van der Waals surface area (Å²) in [5.41, 5.74) is 3.71. The van der Waals surface area contributed by atoms with Gasteiger partial charge in [-0.3, -0.25) is 9.48 Å². The maximum absolute atomic E-state index is 12.0. The normalized spacial score (nSPS) is 12.2. The predicted octanol–water partition coefficient (Wildman–Crippen LogP) is 3.24. The number of benzene rings is 1. The quantitative estimate of drug-likeness (QED) is 0.739. The topological polar surface area (TPSA) is 69.0 Å². The molecule has 26 heavy (non-hydrogen) atoms. The molecule has 0 aliphatic carbocycles. The minimum Gasteiger partial charge on any atom is -0.467 e. The number of hydrogen-bond donors (Lipinski definition) is 1. The number of aryl methyl sites for hydroxylation is 2. The highest BCUT2D eigenvalue weighted by atomic mass is 16.5. The van der Waals surface area contributed by atoms with E-state index >= 15 is 0 Å². The second-order valence-corrected chi connectivity index (χ2v) is 6.45. The summed E-state index contributed by atoms with van der Waals surface area (Å²) >= 11 is 0. The van der Waals surface area contributed by atoms with E-state index in [9.17, 15) is 4.79 Å². The van der Waals surface area contributed by atoms with Crippen LogP contribution in [0.5, 0.6) is 5.88 Å². The van der Waals surface area contributed by atoms with Crippen LogP contribution in [0, 0.1) is 6.92 Å². The summed E-state index contributed by atoms with van der Waals surface area (Å²) in [6, 6.07) is 12.1. The second kappa shape index (κ2) is 7.56. The molecule has 136 valence electrons. The number of ether oxygens (including phenoxy) is 1. The van der Waals surface area contributed by atoms with Crippen molar-refractivity contribution in [3.8, 4) is 17.0 Å². The maximum Gasteiger partial charge on any atom is 0.258 e. The van der Waals surface area contributed by atoms with Gasteiger partial charge in [0.05, 0.1) is 11.1 Å². The molecule has 2 aromatic heterocycles. The molecule has 0 spiro atoms. The number of pyridine rings is 1. The molecule has 1 unspecified atom stereocenters. The van der Waals surface area contributed by atoms with Gasteiger partial charge in [-0.25, -0.2) is 0 Å². The highest BCUT2D eigenvalue weighted by molar-refractivity contribution is 5.95. The van der Waals surface area contributed by atoms with Crippen LogP contribution >= 0.6 is 0 Å². The van der Waals surface area contributed by atoms with Gasteiger partial charge < -0.3 is 10.1 Å². The molecule has 3 aromatic rings. The van der Waals surface area contributed by atoms with Crippen molar-refractivity contribution in [1.82, 2.24) is 20.1 Å². The molecule has 1 atom stereocenters. The number of aromatic nitrogens is 3. The molecule has 0 saturated carbocycles. The van der Waals surface area contributed by atoms with Crippen LogP contribution in [0.25, 0.3) is 22.2 Å². The van der Waals surface area contributed by atoms with Crippen molar-refractivity contribution >= 4 is 16.9 Å². The highest BCUT2D eigenvalue weighted by Crippen LogP contribution is 2.32. The Balaban J connectivity index is 1.95. The molecule has 6 heteroatoms. The van der Waals surface area contributed by atoms with Gasteiger partial charge in [-0.15, -0.1) is 0 Å². The van der Waals surface area contributed by atoms with Gasteiger partial charge in [-0.1, -0.05) is 37.3 Å². The zero-order valence-electron chi connectivity index (χ0n) is 15.6. The van der Waals surface area contributed by atoms with E-state index in [4.69, 9.17) is 4.74 Å². The Hall–Kier alpha value is -2.89. The van der Waals surface area contributed by atoms with Crippen molar-refractivity contribution in [3.63, 3.8) is 0 Å². The third-order valence-electron chi connectivity index (χ3n) is 4.40. The summed E-state index contributed by atoms with van der Waals surface area (Å²) in [4.78, 5) is 16.5. The molecular weight excluding hydrogens is 328 g/mol. The van der Waals surface area contributed by atoms with E-state index in [-0.39, 0.29) is 18.6 Å². The molecule has 2 heterocycles. The number of nitrogens with one attached hydrogen (secondary N) is 1. The van der Waals surface area contributed by atoms with E-state index in [2.05, 4.69) is 15.4 Å². The van der Waals surface area contributed by atoms with Crippen molar-refractivity contribution in [2.24, 2.45) is 7.05 Å². The number of rotatable bonds is 6. The highest BCUT2D eigenvalue weighted by Gasteiger charge is 2.16. The minimum atomic E-state index is -0.149. The number of fused-ring (bicyclic) bond motifs is 1. The van der Waals surface area contributed by atoms with Crippen LogP contribution in [0.15, 0.2) is 36.4 Å². The second-order valence-electron chi connectivity index (χ2n) is 6.45. The molecule has 1 amide bonds. The van der Waals surface area contributed by atoms with Gasteiger partial charge in [0.1, 0.15) is 0 Å². The van der Waals surface area contributed by atoms with Gasteiger partial charge in [-0.05, 0) is 31.4 Å².